The van der Waals surface area contributed by atoms with E-state index in [9.17, 15) is 19.5 Å². The number of rotatable bonds is 6. The largest absolute Gasteiger partial charge is 0.479 e. The van der Waals surface area contributed by atoms with Gasteiger partial charge in [-0.2, -0.15) is 0 Å². The van der Waals surface area contributed by atoms with Crippen LogP contribution < -0.4 is 10.6 Å². The summed E-state index contributed by atoms with van der Waals surface area (Å²) in [6, 6.07) is 6.35. The average molecular weight is 462 g/mol. The summed E-state index contributed by atoms with van der Waals surface area (Å²) in [5.74, 6) is -1.64. The molecule has 0 fully saturated rings. The maximum Gasteiger partial charge on any atom is 0.333 e. The molecule has 0 radical (unpaired) electrons. The molecule has 3 rings (SSSR count). The van der Waals surface area contributed by atoms with Gasteiger partial charge in [0.15, 0.2) is 11.3 Å². The lowest BCUT2D eigenvalue weighted by Crippen LogP contribution is -2.54. The number of carboxylic acids is 1. The molecule has 1 aliphatic carbocycles. The molecule has 1 aliphatic rings. The molecule has 0 bridgehead atoms. The van der Waals surface area contributed by atoms with Crippen molar-refractivity contribution in [3.8, 4) is 0 Å². The van der Waals surface area contributed by atoms with E-state index in [1.165, 1.54) is 19.3 Å². The van der Waals surface area contributed by atoms with Crippen LogP contribution in [-0.2, 0) is 15.1 Å². The van der Waals surface area contributed by atoms with E-state index >= 15 is 0 Å². The number of nitrogens with one attached hydrogen (secondary N) is 2. The van der Waals surface area contributed by atoms with Gasteiger partial charge in [0, 0.05) is 29.4 Å². The van der Waals surface area contributed by atoms with Gasteiger partial charge in [-0.15, -0.1) is 0 Å². The molecule has 0 unspecified atom stereocenters. The Labute approximate surface area is 189 Å². The number of allylic oxidation sites excluding steroid dienone is 2. The first-order chi connectivity index (χ1) is 14.4. The van der Waals surface area contributed by atoms with Crippen molar-refractivity contribution in [2.75, 3.05) is 5.32 Å². The lowest BCUT2D eigenvalue weighted by Gasteiger charge is -2.42. The quantitative estimate of drug-likeness (QED) is 0.587. The lowest BCUT2D eigenvalue weighted by atomic mass is 9.68. The number of amides is 1. The highest BCUT2D eigenvalue weighted by Crippen LogP contribution is 2.42. The van der Waals surface area contributed by atoms with Crippen LogP contribution in [0.4, 0.5) is 5.69 Å². The summed E-state index contributed by atoms with van der Waals surface area (Å²) in [7, 11) is 0. The van der Waals surface area contributed by atoms with Crippen molar-refractivity contribution >= 4 is 46.5 Å². The number of aliphatic carboxylic acids is 1. The van der Waals surface area contributed by atoms with E-state index in [4.69, 9.17) is 23.2 Å². The molecule has 0 saturated heterocycles. The minimum atomic E-state index is -1.48. The van der Waals surface area contributed by atoms with E-state index in [2.05, 4.69) is 15.6 Å². The minimum absolute atomic E-state index is 0.0192. The number of benzene rings is 1. The second-order valence-electron chi connectivity index (χ2n) is 8.02. The molecule has 0 saturated carbocycles. The van der Waals surface area contributed by atoms with Crippen molar-refractivity contribution in [3.63, 3.8) is 0 Å². The van der Waals surface area contributed by atoms with Crippen molar-refractivity contribution in [1.29, 1.82) is 0 Å². The van der Waals surface area contributed by atoms with E-state index in [1.54, 1.807) is 45.0 Å². The predicted molar refractivity (Wildman–Crippen MR) is 118 cm³/mol. The van der Waals surface area contributed by atoms with E-state index in [0.717, 1.165) is 0 Å². The Bertz CT molecular complexity index is 1110. The smallest absolute Gasteiger partial charge is 0.333 e. The third-order valence-corrected chi connectivity index (χ3v) is 6.08. The Hall–Kier alpha value is -2.90. The van der Waals surface area contributed by atoms with E-state index < -0.39 is 22.8 Å². The fraction of sp³-hybridized carbons (Fsp3) is 0.273. The normalized spacial score (nSPS) is 16.9. The third kappa shape index (κ3) is 3.91. The molecule has 2 aromatic rings. The van der Waals surface area contributed by atoms with Crippen LogP contribution in [0.15, 0.2) is 47.9 Å². The highest BCUT2D eigenvalue weighted by Gasteiger charge is 2.48. The summed E-state index contributed by atoms with van der Waals surface area (Å²) in [6.45, 7) is 6.70. The SMILES string of the molecule is CC1=C(N[C@](C)(C(=O)O)c2ccc(NC(=O)c3c(Cl)cncc3Cl)cc2)C(C)(C)C1=O. The first kappa shape index (κ1) is 22.8. The number of ketones is 1. The third-order valence-electron chi connectivity index (χ3n) is 5.51. The van der Waals surface area contributed by atoms with Gasteiger partial charge < -0.3 is 15.7 Å². The molecule has 31 heavy (non-hydrogen) atoms. The van der Waals surface area contributed by atoms with E-state index in [1.807, 2.05) is 0 Å². The molecule has 0 spiro atoms. The van der Waals surface area contributed by atoms with Crippen LogP contribution in [0, 0.1) is 5.41 Å². The zero-order valence-corrected chi connectivity index (χ0v) is 18.9. The fourth-order valence-corrected chi connectivity index (χ4v) is 4.10. The van der Waals surface area contributed by atoms with Crippen LogP contribution >= 0.6 is 23.2 Å². The molecule has 1 amide bonds. The van der Waals surface area contributed by atoms with Crippen LogP contribution in [-0.4, -0.2) is 27.8 Å². The topological polar surface area (TPSA) is 108 Å². The zero-order chi connectivity index (χ0) is 23.1. The van der Waals surface area contributed by atoms with Gasteiger partial charge in [-0.05, 0) is 45.4 Å². The Morgan fingerprint density at radius 2 is 1.65 bits per heavy atom. The minimum Gasteiger partial charge on any atom is -0.479 e. The average Bonchev–Trinajstić information content (AvgIpc) is 2.71. The predicted octanol–water partition coefficient (Wildman–Crippen LogP) is 4.41. The number of halogens is 2. The Balaban J connectivity index is 1.86. The van der Waals surface area contributed by atoms with Gasteiger partial charge in [-0.1, -0.05) is 35.3 Å². The number of carbonyl (C=O) groups excluding carboxylic acids is 2. The Morgan fingerprint density at radius 3 is 2.13 bits per heavy atom. The van der Waals surface area contributed by atoms with Crippen LogP contribution in [0.3, 0.4) is 0 Å². The number of carbonyl (C=O) groups is 3. The Morgan fingerprint density at radius 1 is 1.10 bits per heavy atom. The van der Waals surface area contributed by atoms with Crippen molar-refractivity contribution in [2.24, 2.45) is 5.41 Å². The molecule has 162 valence electrons. The maximum absolute atomic E-state index is 12.5. The molecule has 9 heteroatoms. The molecule has 7 nitrogen and oxygen atoms in total. The molecule has 1 aromatic carbocycles. The standard InChI is InChI=1S/C22H21Cl2N3O4/c1-11-17(21(2,3)18(11)28)27-22(4,20(30)31)12-5-7-13(8-6-12)26-19(29)16-14(23)9-25-10-15(16)24/h5-10,27H,1-4H3,(H,26,29)(H,30,31)/t22-/m0/s1. The van der Waals surface area contributed by atoms with Crippen LogP contribution in [0.2, 0.25) is 10.0 Å². The van der Waals surface area contributed by atoms with E-state index in [0.29, 0.717) is 22.5 Å². The number of Topliss-reactive ketones (excluding diaryl/α,β-unsaturated/α-hetero) is 1. The number of hydrogen-bond acceptors (Lipinski definition) is 5. The van der Waals surface area contributed by atoms with Crippen molar-refractivity contribution in [1.82, 2.24) is 10.3 Å². The summed E-state index contributed by atoms with van der Waals surface area (Å²) < 4.78 is 0. The molecule has 3 N–H and O–H groups in total. The molecule has 0 aliphatic heterocycles. The molecule has 1 heterocycles. The van der Waals surface area contributed by atoms with Gasteiger partial charge in [-0.3, -0.25) is 14.6 Å². The van der Waals surface area contributed by atoms with Gasteiger partial charge in [-0.25, -0.2) is 4.79 Å². The second-order valence-corrected chi connectivity index (χ2v) is 8.83. The number of anilines is 1. The molecule has 1 aromatic heterocycles. The van der Waals surface area contributed by atoms with Gasteiger partial charge >= 0.3 is 5.97 Å². The molecular weight excluding hydrogens is 441 g/mol. The highest BCUT2D eigenvalue weighted by molar-refractivity contribution is 6.40. The zero-order valence-electron chi connectivity index (χ0n) is 17.3. The van der Waals surface area contributed by atoms with Crippen molar-refractivity contribution in [2.45, 2.75) is 33.2 Å². The lowest BCUT2D eigenvalue weighted by molar-refractivity contribution is -0.145. The van der Waals surface area contributed by atoms with E-state index in [-0.39, 0.29) is 21.4 Å². The van der Waals surface area contributed by atoms with Gasteiger partial charge in [0.05, 0.1) is 21.0 Å². The number of aromatic nitrogens is 1. The van der Waals surface area contributed by atoms with Crippen molar-refractivity contribution < 1.29 is 19.5 Å². The first-order valence-electron chi connectivity index (χ1n) is 9.38. The maximum atomic E-state index is 12.5. The van der Waals surface area contributed by atoms with Crippen LogP contribution in [0.25, 0.3) is 0 Å². The number of hydrogen-bond donors (Lipinski definition) is 3. The number of carboxylic acid groups (broad SMARTS) is 1. The summed E-state index contributed by atoms with van der Waals surface area (Å²) in [4.78, 5) is 40.6. The molecular formula is C22H21Cl2N3O4. The Kier molecular flexibility index (Phi) is 5.86. The van der Waals surface area contributed by atoms with Crippen LogP contribution in [0.5, 0.6) is 0 Å². The number of nitrogens with zero attached hydrogens (tertiary/aromatic N) is 1. The summed E-state index contributed by atoms with van der Waals surface area (Å²) in [5.41, 5.74) is -0.145. The summed E-state index contributed by atoms with van der Waals surface area (Å²) in [5, 5.41) is 15.9. The van der Waals surface area contributed by atoms with Gasteiger partial charge in [0.2, 0.25) is 0 Å². The highest BCUT2D eigenvalue weighted by atomic mass is 35.5. The first-order valence-corrected chi connectivity index (χ1v) is 10.1. The number of pyridine rings is 1. The van der Waals surface area contributed by atoms with Crippen LogP contribution in [0.1, 0.15) is 43.6 Å². The van der Waals surface area contributed by atoms with Gasteiger partial charge in [0.1, 0.15) is 0 Å². The summed E-state index contributed by atoms with van der Waals surface area (Å²) >= 11 is 12.0. The molecule has 1 atom stereocenters. The van der Waals surface area contributed by atoms with Crippen molar-refractivity contribution in [3.05, 3.63) is 69.1 Å². The summed E-state index contributed by atoms with van der Waals surface area (Å²) in [6.07, 6.45) is 2.64. The fourth-order valence-electron chi connectivity index (χ4n) is 3.56. The van der Waals surface area contributed by atoms with Gasteiger partial charge in [0.25, 0.3) is 5.91 Å². The second kappa shape index (κ2) is 7.98. The monoisotopic (exact) mass is 461 g/mol.